The number of halogens is 3. The van der Waals surface area contributed by atoms with Gasteiger partial charge < -0.3 is 10.4 Å². The fourth-order valence-corrected chi connectivity index (χ4v) is 3.73. The van der Waals surface area contributed by atoms with Gasteiger partial charge in [0.15, 0.2) is 0 Å². The van der Waals surface area contributed by atoms with Gasteiger partial charge in [0, 0.05) is 29.1 Å². The van der Waals surface area contributed by atoms with E-state index in [0.29, 0.717) is 22.0 Å². The number of hydrogen-bond donors (Lipinski definition) is 2. The summed E-state index contributed by atoms with van der Waals surface area (Å²) in [6.45, 7) is -0.134. The molecule has 1 heterocycles. The van der Waals surface area contributed by atoms with Gasteiger partial charge in [-0.05, 0) is 42.3 Å². The fourth-order valence-electron chi connectivity index (χ4n) is 2.96. The summed E-state index contributed by atoms with van der Waals surface area (Å²) < 4.78 is 1.91. The number of carbonyl (C=O) groups excluding carboxylic acids is 1. The summed E-state index contributed by atoms with van der Waals surface area (Å²) in [5.74, 6) is 5.16. The van der Waals surface area contributed by atoms with Crippen LogP contribution in [0.3, 0.4) is 0 Å². The van der Waals surface area contributed by atoms with E-state index < -0.39 is 17.2 Å². The predicted octanol–water partition coefficient (Wildman–Crippen LogP) is 3.84. The standard InChI is InChI=1S/C23H18Cl3N3O4/c1-28-22(32)20(27-19(31)10-8-15-7-9-16(24)13-18(15)25)21(26)29(23(28)33)11-3-5-14-4-2-6-17(30)12-14/h2,4,6-7,9,12-13,30H,8,10-11H2,1H3,(H,27,31). The van der Waals surface area contributed by atoms with E-state index >= 15 is 0 Å². The molecule has 7 nitrogen and oxygen atoms in total. The lowest BCUT2D eigenvalue weighted by Crippen LogP contribution is -2.40. The fraction of sp³-hybridized carbons (Fsp3) is 0.174. The number of nitrogens with zero attached hydrogens (tertiary/aromatic N) is 2. The number of hydrogen-bond acceptors (Lipinski definition) is 4. The second kappa shape index (κ2) is 10.6. The van der Waals surface area contributed by atoms with E-state index in [-0.39, 0.29) is 29.6 Å². The van der Waals surface area contributed by atoms with Gasteiger partial charge in [-0.15, -0.1) is 0 Å². The zero-order chi connectivity index (χ0) is 24.1. The number of carbonyl (C=O) groups is 1. The molecular weight excluding hydrogens is 489 g/mol. The van der Waals surface area contributed by atoms with Gasteiger partial charge in [-0.2, -0.15) is 0 Å². The Balaban J connectivity index is 1.81. The summed E-state index contributed by atoms with van der Waals surface area (Å²) in [5, 5.41) is 12.7. The van der Waals surface area contributed by atoms with E-state index in [9.17, 15) is 19.5 Å². The highest BCUT2D eigenvalue weighted by atomic mass is 35.5. The van der Waals surface area contributed by atoms with Gasteiger partial charge in [0.1, 0.15) is 16.6 Å². The quantitative estimate of drug-likeness (QED) is 0.406. The van der Waals surface area contributed by atoms with Crippen LogP contribution in [0.25, 0.3) is 0 Å². The first-order chi connectivity index (χ1) is 15.7. The van der Waals surface area contributed by atoms with E-state index in [4.69, 9.17) is 34.8 Å². The van der Waals surface area contributed by atoms with Crippen molar-refractivity contribution < 1.29 is 9.90 Å². The molecule has 0 aliphatic rings. The van der Waals surface area contributed by atoms with E-state index in [2.05, 4.69) is 17.2 Å². The molecule has 0 radical (unpaired) electrons. The molecule has 33 heavy (non-hydrogen) atoms. The van der Waals surface area contributed by atoms with Crippen LogP contribution < -0.4 is 16.6 Å². The normalized spacial score (nSPS) is 10.4. The van der Waals surface area contributed by atoms with Crippen LogP contribution in [0.4, 0.5) is 5.69 Å². The van der Waals surface area contributed by atoms with Crippen LogP contribution in [0.2, 0.25) is 15.2 Å². The van der Waals surface area contributed by atoms with Gasteiger partial charge >= 0.3 is 5.69 Å². The minimum atomic E-state index is -0.736. The Morgan fingerprint density at radius 1 is 1.12 bits per heavy atom. The predicted molar refractivity (Wildman–Crippen MR) is 129 cm³/mol. The lowest BCUT2D eigenvalue weighted by Gasteiger charge is -2.13. The number of aromatic nitrogens is 2. The van der Waals surface area contributed by atoms with Crippen LogP contribution in [-0.4, -0.2) is 20.1 Å². The van der Waals surface area contributed by atoms with Crippen LogP contribution in [0.1, 0.15) is 17.5 Å². The molecule has 0 saturated carbocycles. The first-order valence-corrected chi connectivity index (χ1v) is 10.8. The van der Waals surface area contributed by atoms with Crippen molar-refractivity contribution in [3.8, 4) is 17.6 Å². The second-order valence-electron chi connectivity index (χ2n) is 7.03. The number of nitrogens with one attached hydrogen (secondary N) is 1. The molecule has 0 aliphatic carbocycles. The molecule has 0 atom stereocenters. The van der Waals surface area contributed by atoms with Gasteiger partial charge in [-0.3, -0.25) is 18.7 Å². The maximum atomic E-state index is 12.5. The van der Waals surface area contributed by atoms with Crippen molar-refractivity contribution >= 4 is 46.4 Å². The third-order valence-corrected chi connectivity index (χ3v) is 5.68. The van der Waals surface area contributed by atoms with E-state index in [1.54, 1.807) is 30.3 Å². The van der Waals surface area contributed by atoms with E-state index in [1.165, 1.54) is 19.2 Å². The molecule has 0 unspecified atom stereocenters. The molecule has 3 rings (SSSR count). The van der Waals surface area contributed by atoms with Crippen LogP contribution >= 0.6 is 34.8 Å². The van der Waals surface area contributed by atoms with Gasteiger partial charge in [0.25, 0.3) is 5.56 Å². The Hall–Kier alpha value is -3.18. The van der Waals surface area contributed by atoms with Gasteiger partial charge in [0.05, 0.1) is 6.54 Å². The molecule has 0 spiro atoms. The van der Waals surface area contributed by atoms with E-state index in [1.807, 2.05) is 0 Å². The number of phenols is 1. The maximum Gasteiger partial charge on any atom is 0.332 e. The number of benzene rings is 2. The average Bonchev–Trinajstić information content (AvgIpc) is 2.77. The highest BCUT2D eigenvalue weighted by molar-refractivity contribution is 6.35. The maximum absolute atomic E-state index is 12.5. The van der Waals surface area contributed by atoms with Crippen molar-refractivity contribution in [1.82, 2.24) is 9.13 Å². The highest BCUT2D eigenvalue weighted by Crippen LogP contribution is 2.22. The highest BCUT2D eigenvalue weighted by Gasteiger charge is 2.18. The summed E-state index contributed by atoms with van der Waals surface area (Å²) in [6.07, 6.45) is 0.339. The summed E-state index contributed by atoms with van der Waals surface area (Å²) in [5.41, 5.74) is -0.368. The largest absolute Gasteiger partial charge is 0.508 e. The van der Waals surface area contributed by atoms with Crippen LogP contribution in [-0.2, 0) is 24.8 Å². The number of amides is 1. The number of aryl methyl sites for hydroxylation is 1. The van der Waals surface area contributed by atoms with Crippen LogP contribution in [0.15, 0.2) is 52.1 Å². The van der Waals surface area contributed by atoms with Crippen molar-refractivity contribution in [2.24, 2.45) is 7.05 Å². The minimum absolute atomic E-state index is 0.0251. The molecule has 170 valence electrons. The Kier molecular flexibility index (Phi) is 7.88. The Labute approximate surface area is 204 Å². The van der Waals surface area contributed by atoms with Gasteiger partial charge in [0.2, 0.25) is 5.91 Å². The number of phenolic OH excluding ortho intramolecular Hbond substituents is 1. The lowest BCUT2D eigenvalue weighted by atomic mass is 10.1. The first kappa shape index (κ1) is 24.5. The van der Waals surface area contributed by atoms with Crippen molar-refractivity contribution in [1.29, 1.82) is 0 Å². The Morgan fingerprint density at radius 2 is 1.88 bits per heavy atom. The third-order valence-electron chi connectivity index (χ3n) is 4.70. The molecule has 0 fully saturated rings. The Morgan fingerprint density at radius 3 is 2.58 bits per heavy atom. The smallest absolute Gasteiger partial charge is 0.332 e. The zero-order valence-electron chi connectivity index (χ0n) is 17.4. The van der Waals surface area contributed by atoms with Gasteiger partial charge in [-0.1, -0.05) is 58.8 Å². The average molecular weight is 507 g/mol. The molecule has 2 N–H and O–H groups in total. The van der Waals surface area contributed by atoms with Crippen molar-refractivity contribution in [2.75, 3.05) is 5.32 Å². The SMILES string of the molecule is Cn1c(=O)c(NC(=O)CCc2ccc(Cl)cc2Cl)c(Cl)n(CC#Cc2cccc(O)c2)c1=O. The number of rotatable bonds is 5. The van der Waals surface area contributed by atoms with Gasteiger partial charge in [-0.25, -0.2) is 4.79 Å². The van der Waals surface area contributed by atoms with Crippen molar-refractivity contribution in [2.45, 2.75) is 19.4 Å². The molecule has 1 amide bonds. The summed E-state index contributed by atoms with van der Waals surface area (Å²) in [6, 6.07) is 11.3. The lowest BCUT2D eigenvalue weighted by molar-refractivity contribution is -0.116. The molecular formula is C23H18Cl3N3O4. The summed E-state index contributed by atoms with van der Waals surface area (Å²) >= 11 is 18.3. The van der Waals surface area contributed by atoms with E-state index in [0.717, 1.165) is 14.7 Å². The monoisotopic (exact) mass is 505 g/mol. The Bertz CT molecular complexity index is 1400. The zero-order valence-corrected chi connectivity index (χ0v) is 19.6. The molecule has 0 bridgehead atoms. The number of anilines is 1. The molecule has 2 aromatic carbocycles. The molecule has 0 aliphatic heterocycles. The molecule has 10 heteroatoms. The molecule has 1 aromatic heterocycles. The first-order valence-electron chi connectivity index (χ1n) is 9.68. The molecule has 0 saturated heterocycles. The summed E-state index contributed by atoms with van der Waals surface area (Å²) in [4.78, 5) is 37.5. The summed E-state index contributed by atoms with van der Waals surface area (Å²) in [7, 11) is 1.28. The van der Waals surface area contributed by atoms with Crippen LogP contribution in [0, 0.1) is 11.8 Å². The minimum Gasteiger partial charge on any atom is -0.508 e. The van der Waals surface area contributed by atoms with Crippen LogP contribution in [0.5, 0.6) is 5.75 Å². The van der Waals surface area contributed by atoms with Crippen molar-refractivity contribution in [3.63, 3.8) is 0 Å². The second-order valence-corrected chi connectivity index (χ2v) is 8.24. The topological polar surface area (TPSA) is 93.3 Å². The number of aromatic hydroxyl groups is 1. The van der Waals surface area contributed by atoms with Crippen molar-refractivity contribution in [3.05, 3.63) is 89.6 Å². The molecule has 3 aromatic rings. The third kappa shape index (κ3) is 5.99.